The second-order valence-corrected chi connectivity index (χ2v) is 7.25. The first-order chi connectivity index (χ1) is 11.4. The molecule has 3 aliphatic rings. The topological polar surface area (TPSA) is 61.7 Å². The molecule has 0 radical (unpaired) electrons. The van der Waals surface area contributed by atoms with E-state index in [0.717, 1.165) is 37.9 Å². The van der Waals surface area contributed by atoms with Crippen molar-refractivity contribution < 1.29 is 9.59 Å². The Balaban J connectivity index is 1.62. The molecular weight excluding hydrogens is 306 g/mol. The normalized spacial score (nSPS) is 23.3. The van der Waals surface area contributed by atoms with Gasteiger partial charge < -0.3 is 14.7 Å². The number of fused-ring (bicyclic) bond motifs is 4. The van der Waals surface area contributed by atoms with Gasteiger partial charge in [-0.25, -0.2) is 4.79 Å². The molecule has 24 heavy (non-hydrogen) atoms. The van der Waals surface area contributed by atoms with Crippen LogP contribution in [-0.4, -0.2) is 76.2 Å². The number of amides is 3. The second kappa shape index (κ2) is 6.83. The van der Waals surface area contributed by atoms with E-state index < -0.39 is 0 Å². The number of rotatable bonds is 3. The minimum atomic E-state index is 0.0524. The van der Waals surface area contributed by atoms with Crippen molar-refractivity contribution in [1.29, 1.82) is 0 Å². The van der Waals surface area contributed by atoms with Gasteiger partial charge in [-0.1, -0.05) is 0 Å². The average molecular weight is 333 g/mol. The highest BCUT2D eigenvalue weighted by molar-refractivity contribution is 5.78. The third-order valence-corrected chi connectivity index (χ3v) is 5.07. The van der Waals surface area contributed by atoms with E-state index >= 15 is 0 Å². The summed E-state index contributed by atoms with van der Waals surface area (Å²) in [6.07, 6.45) is 7.12. The summed E-state index contributed by atoms with van der Waals surface area (Å²) in [4.78, 5) is 30.6. The smallest absolute Gasteiger partial charge is 0.319 e. The van der Waals surface area contributed by atoms with Crippen LogP contribution < -0.4 is 0 Å². The Labute approximate surface area is 143 Å². The van der Waals surface area contributed by atoms with Crippen molar-refractivity contribution in [3.05, 3.63) is 18.0 Å². The summed E-state index contributed by atoms with van der Waals surface area (Å²) < 4.78 is 1.76. The lowest BCUT2D eigenvalue weighted by Gasteiger charge is -2.36. The van der Waals surface area contributed by atoms with E-state index in [-0.39, 0.29) is 18.0 Å². The van der Waals surface area contributed by atoms with Crippen LogP contribution in [0.15, 0.2) is 12.4 Å². The molecule has 3 fully saturated rings. The van der Waals surface area contributed by atoms with Crippen LogP contribution in [0.2, 0.25) is 0 Å². The maximum Gasteiger partial charge on any atom is 0.319 e. The van der Waals surface area contributed by atoms with Gasteiger partial charge in [0.25, 0.3) is 0 Å². The summed E-state index contributed by atoms with van der Waals surface area (Å²) in [5.74, 6) is 0.600. The number of carbonyl (C=O) groups is 2. The fraction of sp³-hybridized carbons (Fsp3) is 0.706. The lowest BCUT2D eigenvalue weighted by molar-refractivity contribution is -0.135. The van der Waals surface area contributed by atoms with Crippen LogP contribution in [0.25, 0.3) is 0 Å². The van der Waals surface area contributed by atoms with Gasteiger partial charge in [0.2, 0.25) is 5.91 Å². The fourth-order valence-electron chi connectivity index (χ4n) is 3.82. The van der Waals surface area contributed by atoms with Gasteiger partial charge in [0.15, 0.2) is 0 Å². The maximum atomic E-state index is 12.7. The first-order valence-corrected chi connectivity index (χ1v) is 8.67. The van der Waals surface area contributed by atoms with E-state index in [0.29, 0.717) is 18.9 Å². The first-order valence-electron chi connectivity index (χ1n) is 8.67. The second-order valence-electron chi connectivity index (χ2n) is 7.25. The number of hydrogen-bond donors (Lipinski definition) is 0. The molecule has 7 heteroatoms. The summed E-state index contributed by atoms with van der Waals surface area (Å²) >= 11 is 0. The van der Waals surface area contributed by atoms with Crippen LogP contribution in [0, 0.1) is 5.92 Å². The molecule has 0 spiro atoms. The fourth-order valence-corrected chi connectivity index (χ4v) is 3.82. The molecule has 2 bridgehead atoms. The van der Waals surface area contributed by atoms with Crippen molar-refractivity contribution >= 4 is 11.9 Å². The third kappa shape index (κ3) is 3.55. The Bertz CT molecular complexity index is 612. The standard InChI is InChI=1S/C17H27N5O2/c1-19(2)17(24)21-10-14-4-6-15(12-21)22(11-14)16(23)7-5-13-8-18-20(3)9-13/h8-9,14-15H,4-7,10-12H2,1-3H3/t14-,15+/m1/s1. The molecule has 7 nitrogen and oxygen atoms in total. The summed E-state index contributed by atoms with van der Waals surface area (Å²) in [5, 5.41) is 4.15. The average Bonchev–Trinajstić information content (AvgIpc) is 2.77. The van der Waals surface area contributed by atoms with Gasteiger partial charge in [0.05, 0.1) is 6.20 Å². The summed E-state index contributed by atoms with van der Waals surface area (Å²) in [6, 6.07) is 0.214. The number of nitrogens with zero attached hydrogens (tertiary/aromatic N) is 5. The van der Waals surface area contributed by atoms with Gasteiger partial charge in [-0.05, 0) is 30.7 Å². The number of aromatic nitrogens is 2. The molecule has 4 heterocycles. The van der Waals surface area contributed by atoms with Gasteiger partial charge in [-0.2, -0.15) is 5.10 Å². The molecule has 0 N–H and O–H groups in total. The Morgan fingerprint density at radius 3 is 2.71 bits per heavy atom. The predicted molar refractivity (Wildman–Crippen MR) is 90.4 cm³/mol. The molecule has 0 unspecified atom stereocenters. The van der Waals surface area contributed by atoms with Gasteiger partial charge >= 0.3 is 6.03 Å². The molecule has 2 atom stereocenters. The van der Waals surface area contributed by atoms with Crippen LogP contribution in [0.4, 0.5) is 4.79 Å². The van der Waals surface area contributed by atoms with Gasteiger partial charge in [-0.15, -0.1) is 0 Å². The third-order valence-electron chi connectivity index (χ3n) is 5.07. The lowest BCUT2D eigenvalue weighted by atomic mass is 9.94. The van der Waals surface area contributed by atoms with Crippen LogP contribution in [0.3, 0.4) is 0 Å². The number of urea groups is 1. The van der Waals surface area contributed by atoms with Crippen molar-refractivity contribution in [1.82, 2.24) is 24.5 Å². The molecule has 1 aromatic rings. The SMILES string of the molecule is CN(C)C(=O)N1C[C@H]2CC[C@@H](C1)N(C(=O)CCc1cnn(C)c1)C2. The molecule has 3 amide bonds. The maximum absolute atomic E-state index is 12.7. The van der Waals surface area contributed by atoms with Crippen molar-refractivity contribution in [2.75, 3.05) is 33.7 Å². The minimum absolute atomic E-state index is 0.0524. The predicted octanol–water partition coefficient (Wildman–Crippen LogP) is 0.957. The number of hydrogen-bond acceptors (Lipinski definition) is 3. The highest BCUT2D eigenvalue weighted by atomic mass is 16.2. The van der Waals surface area contributed by atoms with E-state index in [1.165, 1.54) is 0 Å². The number of carbonyl (C=O) groups excluding carboxylic acids is 2. The molecule has 3 saturated heterocycles. The molecule has 4 rings (SSSR count). The first kappa shape index (κ1) is 16.8. The molecule has 132 valence electrons. The van der Waals surface area contributed by atoms with E-state index in [9.17, 15) is 9.59 Å². The van der Waals surface area contributed by atoms with Gasteiger partial charge in [-0.3, -0.25) is 9.48 Å². The lowest BCUT2D eigenvalue weighted by Crippen LogP contribution is -2.48. The van der Waals surface area contributed by atoms with Gasteiger partial charge in [0, 0.05) is 59.4 Å². The molecule has 3 aliphatic heterocycles. The van der Waals surface area contributed by atoms with Crippen molar-refractivity contribution in [3.8, 4) is 0 Å². The summed E-state index contributed by atoms with van der Waals surface area (Å²) in [5.41, 5.74) is 1.09. The van der Waals surface area contributed by atoms with E-state index in [1.807, 2.05) is 29.2 Å². The summed E-state index contributed by atoms with van der Waals surface area (Å²) in [6.45, 7) is 2.21. The minimum Gasteiger partial charge on any atom is -0.338 e. The zero-order chi connectivity index (χ0) is 17.3. The van der Waals surface area contributed by atoms with Crippen LogP contribution >= 0.6 is 0 Å². The highest BCUT2D eigenvalue weighted by Crippen LogP contribution is 2.29. The van der Waals surface area contributed by atoms with Crippen molar-refractivity contribution in [2.45, 2.75) is 31.7 Å². The van der Waals surface area contributed by atoms with Crippen LogP contribution in [0.1, 0.15) is 24.8 Å². The quantitative estimate of drug-likeness (QED) is 0.828. The van der Waals surface area contributed by atoms with Crippen LogP contribution in [0.5, 0.6) is 0 Å². The van der Waals surface area contributed by atoms with E-state index in [4.69, 9.17) is 0 Å². The number of piperidine rings is 1. The molecule has 1 aromatic heterocycles. The largest absolute Gasteiger partial charge is 0.338 e. The van der Waals surface area contributed by atoms with Crippen molar-refractivity contribution in [2.24, 2.45) is 13.0 Å². The number of aryl methyl sites for hydroxylation is 2. The molecule has 0 saturated carbocycles. The van der Waals surface area contributed by atoms with Crippen molar-refractivity contribution in [3.63, 3.8) is 0 Å². The van der Waals surface area contributed by atoms with E-state index in [1.54, 1.807) is 23.7 Å². The Morgan fingerprint density at radius 1 is 1.25 bits per heavy atom. The molecular formula is C17H27N5O2. The van der Waals surface area contributed by atoms with E-state index in [2.05, 4.69) is 5.10 Å². The highest BCUT2D eigenvalue weighted by Gasteiger charge is 2.38. The zero-order valence-corrected chi connectivity index (χ0v) is 14.8. The monoisotopic (exact) mass is 333 g/mol. The molecule has 0 aromatic carbocycles. The summed E-state index contributed by atoms with van der Waals surface area (Å²) in [7, 11) is 5.45. The zero-order valence-electron chi connectivity index (χ0n) is 14.8. The Kier molecular flexibility index (Phi) is 4.78. The Hall–Kier alpha value is -2.05. The van der Waals surface area contributed by atoms with Gasteiger partial charge in [0.1, 0.15) is 0 Å². The van der Waals surface area contributed by atoms with Crippen LogP contribution in [-0.2, 0) is 18.3 Å². The Morgan fingerprint density at radius 2 is 2.04 bits per heavy atom. The molecule has 0 aliphatic carbocycles.